The molecule has 0 saturated carbocycles. The minimum absolute atomic E-state index is 0.0460. The van der Waals surface area contributed by atoms with Gasteiger partial charge < -0.3 is 4.74 Å². The third-order valence-electron chi connectivity index (χ3n) is 3.61. The van der Waals surface area contributed by atoms with E-state index in [9.17, 15) is 8.42 Å². The summed E-state index contributed by atoms with van der Waals surface area (Å²) in [4.78, 5) is 5.31. The molecule has 26 heavy (non-hydrogen) atoms. The molecule has 0 aliphatic carbocycles. The van der Waals surface area contributed by atoms with Gasteiger partial charge in [-0.05, 0) is 36.8 Å². The van der Waals surface area contributed by atoms with Crippen LogP contribution < -0.4 is 9.46 Å². The molecule has 0 fully saturated rings. The van der Waals surface area contributed by atoms with Crippen molar-refractivity contribution in [2.75, 3.05) is 13.2 Å². The topological polar surface area (TPSA) is 68.3 Å². The summed E-state index contributed by atoms with van der Waals surface area (Å²) in [6.07, 6.45) is 2.55. The van der Waals surface area contributed by atoms with Crippen LogP contribution in [-0.2, 0) is 16.4 Å². The van der Waals surface area contributed by atoms with Crippen LogP contribution >= 0.6 is 11.3 Å². The fourth-order valence-corrected chi connectivity index (χ4v) is 4.53. The molecular weight excluding hydrogens is 368 g/mol. The molecule has 0 atom stereocenters. The SMILES string of the molecule is CCc1ccc(S(=O)(=O)NCC#CCOc2ccc3cccnc3c2)s1. The number of rotatable bonds is 6. The van der Waals surface area contributed by atoms with Gasteiger partial charge in [-0.25, -0.2) is 8.42 Å². The van der Waals surface area contributed by atoms with E-state index < -0.39 is 10.0 Å². The lowest BCUT2D eigenvalue weighted by molar-refractivity contribution is 0.370. The number of aryl methyl sites for hydroxylation is 1. The number of ether oxygens (including phenoxy) is 1. The zero-order chi connectivity index (χ0) is 18.4. The summed E-state index contributed by atoms with van der Waals surface area (Å²) in [7, 11) is -3.50. The molecule has 7 heteroatoms. The van der Waals surface area contributed by atoms with Gasteiger partial charge in [0, 0.05) is 22.5 Å². The summed E-state index contributed by atoms with van der Waals surface area (Å²) in [5.41, 5.74) is 0.855. The first-order chi connectivity index (χ1) is 12.6. The quantitative estimate of drug-likeness (QED) is 0.661. The first-order valence-corrected chi connectivity index (χ1v) is 10.4. The van der Waals surface area contributed by atoms with E-state index in [-0.39, 0.29) is 13.2 Å². The van der Waals surface area contributed by atoms with Crippen molar-refractivity contribution in [3.8, 4) is 17.6 Å². The zero-order valence-corrected chi connectivity index (χ0v) is 15.9. The molecule has 2 heterocycles. The van der Waals surface area contributed by atoms with E-state index >= 15 is 0 Å². The van der Waals surface area contributed by atoms with Gasteiger partial charge in [-0.15, -0.1) is 11.3 Å². The number of aromatic nitrogens is 1. The maximum Gasteiger partial charge on any atom is 0.250 e. The van der Waals surface area contributed by atoms with Crippen molar-refractivity contribution >= 4 is 32.3 Å². The van der Waals surface area contributed by atoms with E-state index in [4.69, 9.17) is 4.74 Å². The van der Waals surface area contributed by atoms with Gasteiger partial charge in [-0.3, -0.25) is 4.98 Å². The molecule has 0 bridgehead atoms. The monoisotopic (exact) mass is 386 g/mol. The number of hydrogen-bond acceptors (Lipinski definition) is 5. The number of hydrogen-bond donors (Lipinski definition) is 1. The van der Waals surface area contributed by atoms with Gasteiger partial charge in [0.25, 0.3) is 10.0 Å². The highest BCUT2D eigenvalue weighted by Crippen LogP contribution is 2.21. The van der Waals surface area contributed by atoms with Crippen LogP contribution in [0.1, 0.15) is 11.8 Å². The van der Waals surface area contributed by atoms with Crippen molar-refractivity contribution in [3.63, 3.8) is 0 Å². The van der Waals surface area contributed by atoms with Crippen LogP contribution in [0.3, 0.4) is 0 Å². The zero-order valence-electron chi connectivity index (χ0n) is 14.2. The summed E-state index contributed by atoms with van der Waals surface area (Å²) in [5, 5.41) is 1.04. The molecule has 0 aliphatic rings. The van der Waals surface area contributed by atoms with Crippen LogP contribution in [0, 0.1) is 11.8 Å². The molecular formula is C19H18N2O3S2. The number of fused-ring (bicyclic) bond motifs is 1. The lowest BCUT2D eigenvalue weighted by atomic mass is 10.2. The molecule has 0 spiro atoms. The van der Waals surface area contributed by atoms with Crippen LogP contribution in [0.25, 0.3) is 10.9 Å². The molecule has 3 aromatic rings. The number of sulfonamides is 1. The third kappa shape index (κ3) is 4.61. The fourth-order valence-electron chi connectivity index (χ4n) is 2.26. The van der Waals surface area contributed by atoms with Crippen LogP contribution in [-0.4, -0.2) is 26.6 Å². The summed E-state index contributed by atoms with van der Waals surface area (Å²) in [6, 6.07) is 13.0. The van der Waals surface area contributed by atoms with Crippen LogP contribution in [0.15, 0.2) is 52.9 Å². The highest BCUT2D eigenvalue weighted by atomic mass is 32.2. The van der Waals surface area contributed by atoms with E-state index in [1.807, 2.05) is 43.3 Å². The van der Waals surface area contributed by atoms with E-state index in [0.29, 0.717) is 9.96 Å². The number of benzene rings is 1. The van der Waals surface area contributed by atoms with Gasteiger partial charge in [0.15, 0.2) is 0 Å². The van der Waals surface area contributed by atoms with Crippen molar-refractivity contribution < 1.29 is 13.2 Å². The number of pyridine rings is 1. The molecule has 0 aliphatic heterocycles. The highest BCUT2D eigenvalue weighted by molar-refractivity contribution is 7.91. The molecule has 2 aromatic heterocycles. The summed E-state index contributed by atoms with van der Waals surface area (Å²) in [6.45, 7) is 2.22. The summed E-state index contributed by atoms with van der Waals surface area (Å²) < 4.78 is 32.6. The van der Waals surface area contributed by atoms with E-state index in [2.05, 4.69) is 21.5 Å². The van der Waals surface area contributed by atoms with Crippen molar-refractivity contribution in [2.24, 2.45) is 0 Å². The van der Waals surface area contributed by atoms with Gasteiger partial charge in [-0.2, -0.15) is 4.72 Å². The Morgan fingerprint density at radius 3 is 2.88 bits per heavy atom. The number of nitrogens with zero attached hydrogens (tertiary/aromatic N) is 1. The molecule has 0 unspecified atom stereocenters. The van der Waals surface area contributed by atoms with Crippen molar-refractivity contribution in [1.29, 1.82) is 0 Å². The Morgan fingerprint density at radius 1 is 1.19 bits per heavy atom. The van der Waals surface area contributed by atoms with Crippen LogP contribution in [0.5, 0.6) is 5.75 Å². The Kier molecular flexibility index (Phi) is 5.89. The number of thiophene rings is 1. The summed E-state index contributed by atoms with van der Waals surface area (Å²) in [5.74, 6) is 6.25. The average molecular weight is 386 g/mol. The fraction of sp³-hybridized carbons (Fsp3) is 0.211. The lowest BCUT2D eigenvalue weighted by Gasteiger charge is -2.03. The third-order valence-corrected chi connectivity index (χ3v) is 6.74. The first-order valence-electron chi connectivity index (χ1n) is 8.10. The second-order valence-electron chi connectivity index (χ2n) is 5.40. The Hall–Kier alpha value is -2.40. The summed E-state index contributed by atoms with van der Waals surface area (Å²) >= 11 is 1.28. The molecule has 1 N–H and O–H groups in total. The molecule has 0 radical (unpaired) electrons. The Bertz CT molecular complexity index is 1060. The van der Waals surface area contributed by atoms with Gasteiger partial charge >= 0.3 is 0 Å². The smallest absolute Gasteiger partial charge is 0.250 e. The average Bonchev–Trinajstić information content (AvgIpc) is 3.14. The van der Waals surface area contributed by atoms with Gasteiger partial charge in [0.05, 0.1) is 12.1 Å². The molecule has 5 nitrogen and oxygen atoms in total. The lowest BCUT2D eigenvalue weighted by Crippen LogP contribution is -2.23. The van der Waals surface area contributed by atoms with E-state index in [1.165, 1.54) is 11.3 Å². The molecule has 0 amide bonds. The van der Waals surface area contributed by atoms with Crippen LogP contribution in [0.4, 0.5) is 0 Å². The van der Waals surface area contributed by atoms with Crippen molar-refractivity contribution in [3.05, 3.63) is 53.5 Å². The molecule has 0 saturated heterocycles. The molecule has 1 aromatic carbocycles. The predicted octanol–water partition coefficient (Wildman–Crippen LogP) is 3.22. The number of nitrogens with one attached hydrogen (secondary N) is 1. The van der Waals surface area contributed by atoms with Crippen molar-refractivity contribution in [1.82, 2.24) is 9.71 Å². The van der Waals surface area contributed by atoms with Crippen molar-refractivity contribution in [2.45, 2.75) is 17.6 Å². The molecule has 134 valence electrons. The minimum atomic E-state index is -3.50. The Morgan fingerprint density at radius 2 is 2.08 bits per heavy atom. The van der Waals surface area contributed by atoms with Crippen LogP contribution in [0.2, 0.25) is 0 Å². The van der Waals surface area contributed by atoms with E-state index in [0.717, 1.165) is 22.2 Å². The second-order valence-corrected chi connectivity index (χ2v) is 8.56. The molecule has 3 rings (SSSR count). The minimum Gasteiger partial charge on any atom is -0.481 e. The van der Waals surface area contributed by atoms with Gasteiger partial charge in [0.2, 0.25) is 0 Å². The highest BCUT2D eigenvalue weighted by Gasteiger charge is 2.15. The maximum atomic E-state index is 12.1. The normalized spacial score (nSPS) is 11.1. The largest absolute Gasteiger partial charge is 0.481 e. The predicted molar refractivity (Wildman–Crippen MR) is 104 cm³/mol. The maximum absolute atomic E-state index is 12.1. The Labute approximate surface area is 157 Å². The van der Waals surface area contributed by atoms with Gasteiger partial charge in [0.1, 0.15) is 16.6 Å². The standard InChI is InChI=1S/C19H18N2O3S2/c1-2-17-9-10-19(25-17)26(22,23)21-12-3-4-13-24-16-8-7-15-6-5-11-20-18(15)14-16/h5-11,14,21H,2,12-13H2,1H3. The second kappa shape index (κ2) is 8.32. The Balaban J connectivity index is 1.50. The van der Waals surface area contributed by atoms with Gasteiger partial charge in [-0.1, -0.05) is 24.8 Å². The van der Waals surface area contributed by atoms with E-state index in [1.54, 1.807) is 12.3 Å². The first kappa shape index (κ1) is 18.4.